The number of aryl methyl sites for hydroxylation is 1. The summed E-state index contributed by atoms with van der Waals surface area (Å²) in [7, 11) is 0. The van der Waals surface area contributed by atoms with E-state index in [-0.39, 0.29) is 10.6 Å². The van der Waals surface area contributed by atoms with Gasteiger partial charge in [0, 0.05) is 18.3 Å². The van der Waals surface area contributed by atoms with Crippen LogP contribution in [0.1, 0.15) is 44.6 Å². The molecular formula is C14H21N3O2. The molecule has 5 heteroatoms. The second-order valence-electron chi connectivity index (χ2n) is 5.34. The van der Waals surface area contributed by atoms with Gasteiger partial charge < -0.3 is 5.32 Å². The van der Waals surface area contributed by atoms with Gasteiger partial charge >= 0.3 is 5.69 Å². The normalized spacial score (nSPS) is 23.1. The zero-order chi connectivity index (χ0) is 13.8. The summed E-state index contributed by atoms with van der Waals surface area (Å²) >= 11 is 0. The molecule has 5 nitrogen and oxygen atoms in total. The summed E-state index contributed by atoms with van der Waals surface area (Å²) in [5, 5.41) is 14.4. The van der Waals surface area contributed by atoms with E-state index >= 15 is 0 Å². The number of nitrogens with one attached hydrogen (secondary N) is 1. The maximum atomic E-state index is 11.1. The van der Waals surface area contributed by atoms with Crippen molar-refractivity contribution in [1.82, 2.24) is 4.98 Å². The fourth-order valence-electron chi connectivity index (χ4n) is 2.87. The summed E-state index contributed by atoms with van der Waals surface area (Å²) in [6.45, 7) is 4.00. The van der Waals surface area contributed by atoms with Gasteiger partial charge in [0.2, 0.25) is 5.82 Å². The second-order valence-corrected chi connectivity index (χ2v) is 5.34. The summed E-state index contributed by atoms with van der Waals surface area (Å²) in [5.74, 6) is 1.01. The highest BCUT2D eigenvalue weighted by molar-refractivity contribution is 5.57. The lowest BCUT2D eigenvalue weighted by Gasteiger charge is -2.31. The summed E-state index contributed by atoms with van der Waals surface area (Å²) in [6, 6.07) is 1.90. The third kappa shape index (κ3) is 3.22. The molecule has 2 atom stereocenters. The smallest absolute Gasteiger partial charge is 0.311 e. The largest absolute Gasteiger partial charge is 0.361 e. The van der Waals surface area contributed by atoms with Gasteiger partial charge in [-0.1, -0.05) is 26.2 Å². The SMILES string of the molecule is CCC1CCCCC1Nc1ncc(C)cc1[N+](=O)[O-]. The van der Waals surface area contributed by atoms with E-state index in [1.54, 1.807) is 12.3 Å². The van der Waals surface area contributed by atoms with Crippen LogP contribution in [0.15, 0.2) is 12.3 Å². The molecule has 104 valence electrons. The quantitative estimate of drug-likeness (QED) is 0.664. The lowest BCUT2D eigenvalue weighted by Crippen LogP contribution is -2.32. The molecule has 0 spiro atoms. The van der Waals surface area contributed by atoms with Crippen molar-refractivity contribution in [1.29, 1.82) is 0 Å². The number of hydrogen-bond acceptors (Lipinski definition) is 4. The Labute approximate surface area is 113 Å². The monoisotopic (exact) mass is 263 g/mol. The maximum absolute atomic E-state index is 11.1. The Balaban J connectivity index is 2.20. The van der Waals surface area contributed by atoms with Gasteiger partial charge in [-0.25, -0.2) is 4.98 Å². The summed E-state index contributed by atoms with van der Waals surface area (Å²) in [6.07, 6.45) is 7.52. The van der Waals surface area contributed by atoms with Gasteiger partial charge in [-0.15, -0.1) is 0 Å². The van der Waals surface area contributed by atoms with Crippen LogP contribution in [-0.4, -0.2) is 15.9 Å². The summed E-state index contributed by atoms with van der Waals surface area (Å²) in [4.78, 5) is 14.9. The molecule has 1 aromatic heterocycles. The Morgan fingerprint density at radius 2 is 2.21 bits per heavy atom. The number of pyridine rings is 1. The first-order valence-corrected chi connectivity index (χ1v) is 6.99. The minimum absolute atomic E-state index is 0.0837. The number of hydrogen-bond donors (Lipinski definition) is 1. The van der Waals surface area contributed by atoms with E-state index in [4.69, 9.17) is 0 Å². The van der Waals surface area contributed by atoms with Gasteiger partial charge in [-0.05, 0) is 31.2 Å². The zero-order valence-corrected chi connectivity index (χ0v) is 11.6. The van der Waals surface area contributed by atoms with E-state index in [9.17, 15) is 10.1 Å². The van der Waals surface area contributed by atoms with Gasteiger partial charge in [0.25, 0.3) is 0 Å². The fourth-order valence-corrected chi connectivity index (χ4v) is 2.87. The van der Waals surface area contributed by atoms with Crippen molar-refractivity contribution < 1.29 is 4.92 Å². The van der Waals surface area contributed by atoms with Gasteiger partial charge in [-0.2, -0.15) is 0 Å². The average Bonchev–Trinajstić information content (AvgIpc) is 2.41. The molecule has 1 heterocycles. The molecule has 1 aliphatic carbocycles. The van der Waals surface area contributed by atoms with Crippen LogP contribution in [0.5, 0.6) is 0 Å². The van der Waals surface area contributed by atoms with Crippen molar-refractivity contribution in [3.63, 3.8) is 0 Å². The molecule has 1 saturated carbocycles. The molecule has 1 N–H and O–H groups in total. The second kappa shape index (κ2) is 5.99. The van der Waals surface area contributed by atoms with E-state index in [2.05, 4.69) is 17.2 Å². The molecule has 0 bridgehead atoms. The average molecular weight is 263 g/mol. The van der Waals surface area contributed by atoms with Crippen LogP contribution in [0, 0.1) is 23.0 Å². The Bertz CT molecular complexity index is 462. The first-order valence-electron chi connectivity index (χ1n) is 6.99. The minimum Gasteiger partial charge on any atom is -0.361 e. The van der Waals surface area contributed by atoms with Crippen LogP contribution in [0.4, 0.5) is 11.5 Å². The molecule has 0 amide bonds. The number of anilines is 1. The van der Waals surface area contributed by atoms with Crippen molar-refractivity contribution in [2.24, 2.45) is 5.92 Å². The number of nitrogens with zero attached hydrogens (tertiary/aromatic N) is 2. The molecule has 2 rings (SSSR count). The summed E-state index contributed by atoms with van der Waals surface area (Å²) < 4.78 is 0. The first kappa shape index (κ1) is 13.8. The summed E-state index contributed by atoms with van der Waals surface area (Å²) in [5.41, 5.74) is 0.897. The zero-order valence-electron chi connectivity index (χ0n) is 11.6. The Morgan fingerprint density at radius 3 is 2.89 bits per heavy atom. The van der Waals surface area contributed by atoms with E-state index in [1.807, 2.05) is 6.92 Å². The highest BCUT2D eigenvalue weighted by atomic mass is 16.6. The van der Waals surface area contributed by atoms with Crippen molar-refractivity contribution in [3.05, 3.63) is 27.9 Å². The van der Waals surface area contributed by atoms with Gasteiger partial charge in [-0.3, -0.25) is 10.1 Å². The molecule has 1 aliphatic rings. The highest BCUT2D eigenvalue weighted by Gasteiger charge is 2.26. The molecule has 19 heavy (non-hydrogen) atoms. The van der Waals surface area contributed by atoms with Gasteiger partial charge in [0.05, 0.1) is 4.92 Å². The van der Waals surface area contributed by atoms with Crippen molar-refractivity contribution >= 4 is 11.5 Å². The van der Waals surface area contributed by atoms with E-state index in [1.165, 1.54) is 19.3 Å². The van der Waals surface area contributed by atoms with Crippen LogP contribution in [0.3, 0.4) is 0 Å². The third-order valence-corrected chi connectivity index (χ3v) is 3.96. The Hall–Kier alpha value is -1.65. The van der Waals surface area contributed by atoms with Crippen molar-refractivity contribution in [3.8, 4) is 0 Å². The first-order chi connectivity index (χ1) is 9.11. The van der Waals surface area contributed by atoms with Gasteiger partial charge in [0.15, 0.2) is 0 Å². The van der Waals surface area contributed by atoms with Crippen molar-refractivity contribution in [2.75, 3.05) is 5.32 Å². The predicted octanol–water partition coefficient (Wildman–Crippen LogP) is 3.68. The number of rotatable bonds is 4. The lowest BCUT2D eigenvalue weighted by atomic mass is 9.83. The van der Waals surface area contributed by atoms with Crippen molar-refractivity contribution in [2.45, 2.75) is 52.0 Å². The van der Waals surface area contributed by atoms with Crippen LogP contribution in [-0.2, 0) is 0 Å². The molecule has 1 aromatic rings. The highest BCUT2D eigenvalue weighted by Crippen LogP contribution is 2.31. The van der Waals surface area contributed by atoms with Crippen LogP contribution in [0.25, 0.3) is 0 Å². The fraction of sp³-hybridized carbons (Fsp3) is 0.643. The topological polar surface area (TPSA) is 68.1 Å². The molecule has 2 unspecified atom stereocenters. The molecule has 0 radical (unpaired) electrons. The molecule has 0 saturated heterocycles. The lowest BCUT2D eigenvalue weighted by molar-refractivity contribution is -0.384. The molecular weight excluding hydrogens is 242 g/mol. The van der Waals surface area contributed by atoms with E-state index in [0.29, 0.717) is 17.8 Å². The van der Waals surface area contributed by atoms with Crippen LogP contribution < -0.4 is 5.32 Å². The minimum atomic E-state index is -0.355. The number of nitro groups is 1. The number of aromatic nitrogens is 1. The molecule has 0 aromatic carbocycles. The van der Waals surface area contributed by atoms with E-state index in [0.717, 1.165) is 18.4 Å². The van der Waals surface area contributed by atoms with Crippen LogP contribution in [0.2, 0.25) is 0 Å². The van der Waals surface area contributed by atoms with Crippen LogP contribution >= 0.6 is 0 Å². The third-order valence-electron chi connectivity index (χ3n) is 3.96. The molecule has 0 aliphatic heterocycles. The van der Waals surface area contributed by atoms with E-state index < -0.39 is 0 Å². The van der Waals surface area contributed by atoms with Gasteiger partial charge in [0.1, 0.15) is 0 Å². The molecule has 1 fully saturated rings. The predicted molar refractivity (Wildman–Crippen MR) is 75.3 cm³/mol. The standard InChI is InChI=1S/C14H21N3O2/c1-3-11-6-4-5-7-12(11)16-14-13(17(18)19)8-10(2)9-15-14/h8-9,11-12H,3-7H2,1-2H3,(H,15,16). The Morgan fingerprint density at radius 1 is 1.47 bits per heavy atom. The Kier molecular flexibility index (Phi) is 4.35. The maximum Gasteiger partial charge on any atom is 0.311 e.